The number of likely N-dealkylation sites (tertiary alicyclic amines) is 1. The highest BCUT2D eigenvalue weighted by molar-refractivity contribution is 6.30. The van der Waals surface area contributed by atoms with Gasteiger partial charge in [0.15, 0.2) is 0 Å². The van der Waals surface area contributed by atoms with E-state index in [1.165, 1.54) is 10.6 Å². The number of para-hydroxylation sites is 1. The average Bonchev–Trinajstić information content (AvgIpc) is 2.76. The van der Waals surface area contributed by atoms with Gasteiger partial charge in [-0.05, 0) is 42.5 Å². The van der Waals surface area contributed by atoms with Gasteiger partial charge in [0, 0.05) is 48.9 Å². The van der Waals surface area contributed by atoms with Crippen molar-refractivity contribution < 1.29 is 9.53 Å². The number of carbonyl (C=O) groups is 1. The third-order valence-electron chi connectivity index (χ3n) is 5.04. The second-order valence-electron chi connectivity index (χ2n) is 7.02. The van der Waals surface area contributed by atoms with Crippen LogP contribution in [0.5, 0.6) is 5.75 Å². The van der Waals surface area contributed by atoms with Gasteiger partial charge in [0.25, 0.3) is 11.5 Å². The Labute approximate surface area is 174 Å². The zero-order valence-electron chi connectivity index (χ0n) is 15.8. The number of carbonyl (C=O) groups excluding carboxylic acids is 1. The lowest BCUT2D eigenvalue weighted by atomic mass is 10.1. The van der Waals surface area contributed by atoms with Crippen molar-refractivity contribution in [2.75, 3.05) is 13.1 Å². The normalized spacial score (nSPS) is 14.6. The third kappa shape index (κ3) is 4.51. The van der Waals surface area contributed by atoms with Crippen LogP contribution >= 0.6 is 11.6 Å². The van der Waals surface area contributed by atoms with Crippen molar-refractivity contribution in [3.8, 4) is 11.4 Å². The van der Waals surface area contributed by atoms with Gasteiger partial charge in [-0.15, -0.1) is 0 Å². The maximum atomic E-state index is 13.0. The summed E-state index contributed by atoms with van der Waals surface area (Å²) in [6.07, 6.45) is 3.20. The molecule has 0 spiro atoms. The van der Waals surface area contributed by atoms with Gasteiger partial charge in [-0.1, -0.05) is 29.8 Å². The standard InChI is InChI=1S/C23H21ClN2O3/c24-18-7-9-20(10-8-18)29-21-12-14-25(15-13-21)23(28)17-6-11-22(27)26(16-17)19-4-2-1-3-5-19/h1-11,16,21H,12-15H2. The topological polar surface area (TPSA) is 51.5 Å². The van der Waals surface area contributed by atoms with E-state index in [1.807, 2.05) is 47.4 Å². The SMILES string of the molecule is O=C(c1ccc(=O)n(-c2ccccc2)c1)N1CCC(Oc2ccc(Cl)cc2)CC1. The number of halogens is 1. The van der Waals surface area contributed by atoms with E-state index in [9.17, 15) is 9.59 Å². The lowest BCUT2D eigenvalue weighted by molar-refractivity contribution is 0.0595. The summed E-state index contributed by atoms with van der Waals surface area (Å²) >= 11 is 5.91. The molecule has 1 aromatic heterocycles. The van der Waals surface area contributed by atoms with Crippen LogP contribution in [0.25, 0.3) is 5.69 Å². The number of benzene rings is 2. The Morgan fingerprint density at radius 2 is 1.62 bits per heavy atom. The van der Waals surface area contributed by atoms with Crippen molar-refractivity contribution in [2.45, 2.75) is 18.9 Å². The molecule has 2 heterocycles. The summed E-state index contributed by atoms with van der Waals surface area (Å²) in [7, 11) is 0. The first kappa shape index (κ1) is 19.3. The molecule has 1 fully saturated rings. The molecular weight excluding hydrogens is 388 g/mol. The number of aromatic nitrogens is 1. The van der Waals surface area contributed by atoms with Gasteiger partial charge in [-0.2, -0.15) is 0 Å². The van der Waals surface area contributed by atoms with Crippen LogP contribution in [0.3, 0.4) is 0 Å². The smallest absolute Gasteiger partial charge is 0.255 e. The van der Waals surface area contributed by atoms with E-state index in [2.05, 4.69) is 0 Å². The molecule has 0 radical (unpaired) electrons. The molecule has 148 valence electrons. The van der Waals surface area contributed by atoms with Gasteiger partial charge in [-0.25, -0.2) is 0 Å². The number of hydrogen-bond donors (Lipinski definition) is 0. The second-order valence-corrected chi connectivity index (χ2v) is 7.46. The van der Waals surface area contributed by atoms with Crippen LogP contribution in [0.1, 0.15) is 23.2 Å². The molecule has 4 rings (SSSR count). The Hall–Kier alpha value is -3.05. The van der Waals surface area contributed by atoms with Gasteiger partial charge in [0.05, 0.1) is 5.56 Å². The molecule has 0 N–H and O–H groups in total. The van der Waals surface area contributed by atoms with Crippen LogP contribution < -0.4 is 10.3 Å². The Morgan fingerprint density at radius 3 is 2.31 bits per heavy atom. The average molecular weight is 409 g/mol. The maximum absolute atomic E-state index is 13.0. The Bertz CT molecular complexity index is 1040. The first-order valence-corrected chi connectivity index (χ1v) is 9.97. The zero-order chi connectivity index (χ0) is 20.2. The molecule has 3 aromatic rings. The van der Waals surface area contributed by atoms with Crippen LogP contribution in [0.2, 0.25) is 5.02 Å². The Balaban J connectivity index is 1.42. The van der Waals surface area contributed by atoms with Crippen molar-refractivity contribution in [2.24, 2.45) is 0 Å². The predicted octanol–water partition coefficient (Wildman–Crippen LogP) is 4.17. The fourth-order valence-corrected chi connectivity index (χ4v) is 3.59. The summed E-state index contributed by atoms with van der Waals surface area (Å²) in [6, 6.07) is 19.7. The van der Waals surface area contributed by atoms with Crippen molar-refractivity contribution in [1.29, 1.82) is 0 Å². The molecular formula is C23H21ClN2O3. The quantitative estimate of drug-likeness (QED) is 0.650. The summed E-state index contributed by atoms with van der Waals surface area (Å²) < 4.78 is 7.50. The van der Waals surface area contributed by atoms with Gasteiger partial charge < -0.3 is 9.64 Å². The fraction of sp³-hybridized carbons (Fsp3) is 0.217. The minimum absolute atomic E-state index is 0.0681. The van der Waals surface area contributed by atoms with Gasteiger partial charge >= 0.3 is 0 Å². The van der Waals surface area contributed by atoms with Gasteiger partial charge in [0.1, 0.15) is 11.9 Å². The Kier molecular flexibility index (Phi) is 5.67. The number of hydrogen-bond acceptors (Lipinski definition) is 3. The molecule has 1 saturated heterocycles. The van der Waals surface area contributed by atoms with E-state index in [4.69, 9.17) is 16.3 Å². The molecule has 2 aromatic carbocycles. The second kappa shape index (κ2) is 8.53. The van der Waals surface area contributed by atoms with Crippen LogP contribution in [0, 0.1) is 0 Å². The fourth-order valence-electron chi connectivity index (χ4n) is 3.47. The van der Waals surface area contributed by atoms with Crippen LogP contribution in [0.4, 0.5) is 0 Å². The molecule has 1 amide bonds. The highest BCUT2D eigenvalue weighted by Gasteiger charge is 2.25. The molecule has 0 bridgehead atoms. The molecule has 5 nitrogen and oxygen atoms in total. The third-order valence-corrected chi connectivity index (χ3v) is 5.29. The van der Waals surface area contributed by atoms with E-state index in [0.29, 0.717) is 23.7 Å². The van der Waals surface area contributed by atoms with E-state index in [-0.39, 0.29) is 17.6 Å². The van der Waals surface area contributed by atoms with Crippen LogP contribution in [-0.2, 0) is 0 Å². The number of nitrogens with zero attached hydrogens (tertiary/aromatic N) is 2. The largest absolute Gasteiger partial charge is 0.490 e. The lowest BCUT2D eigenvalue weighted by Crippen LogP contribution is -2.42. The summed E-state index contributed by atoms with van der Waals surface area (Å²) in [4.78, 5) is 27.0. The molecule has 0 unspecified atom stereocenters. The van der Waals surface area contributed by atoms with E-state index in [0.717, 1.165) is 24.3 Å². The van der Waals surface area contributed by atoms with E-state index >= 15 is 0 Å². The zero-order valence-corrected chi connectivity index (χ0v) is 16.6. The molecule has 0 aliphatic carbocycles. The molecule has 0 atom stereocenters. The number of amides is 1. The summed E-state index contributed by atoms with van der Waals surface area (Å²) in [5.74, 6) is 0.716. The van der Waals surface area contributed by atoms with Crippen LogP contribution in [-0.4, -0.2) is 34.6 Å². The first-order chi connectivity index (χ1) is 14.1. The van der Waals surface area contributed by atoms with Gasteiger partial charge in [0.2, 0.25) is 0 Å². The highest BCUT2D eigenvalue weighted by atomic mass is 35.5. The summed E-state index contributed by atoms with van der Waals surface area (Å²) in [5, 5.41) is 0.676. The minimum atomic E-state index is -0.164. The highest BCUT2D eigenvalue weighted by Crippen LogP contribution is 2.22. The van der Waals surface area contributed by atoms with Crippen LogP contribution in [0.15, 0.2) is 77.7 Å². The van der Waals surface area contributed by atoms with Crippen molar-refractivity contribution in [3.05, 3.63) is 93.9 Å². The van der Waals surface area contributed by atoms with E-state index < -0.39 is 0 Å². The number of pyridine rings is 1. The molecule has 1 aliphatic rings. The minimum Gasteiger partial charge on any atom is -0.490 e. The molecule has 0 saturated carbocycles. The Morgan fingerprint density at radius 1 is 0.931 bits per heavy atom. The predicted molar refractivity (Wildman–Crippen MR) is 113 cm³/mol. The molecule has 29 heavy (non-hydrogen) atoms. The van der Waals surface area contributed by atoms with Crippen molar-refractivity contribution in [1.82, 2.24) is 9.47 Å². The number of rotatable bonds is 4. The van der Waals surface area contributed by atoms with Crippen molar-refractivity contribution in [3.63, 3.8) is 0 Å². The number of ether oxygens (including phenoxy) is 1. The molecule has 6 heteroatoms. The lowest BCUT2D eigenvalue weighted by Gasteiger charge is -2.32. The maximum Gasteiger partial charge on any atom is 0.255 e. The molecule has 1 aliphatic heterocycles. The van der Waals surface area contributed by atoms with Gasteiger partial charge in [-0.3, -0.25) is 14.2 Å². The monoisotopic (exact) mass is 408 g/mol. The summed E-state index contributed by atoms with van der Waals surface area (Å²) in [5.41, 5.74) is 1.08. The number of piperidine rings is 1. The summed E-state index contributed by atoms with van der Waals surface area (Å²) in [6.45, 7) is 1.23. The van der Waals surface area contributed by atoms with Crippen molar-refractivity contribution >= 4 is 17.5 Å². The van der Waals surface area contributed by atoms with E-state index in [1.54, 1.807) is 24.4 Å². The first-order valence-electron chi connectivity index (χ1n) is 9.60.